The van der Waals surface area contributed by atoms with Crippen LogP contribution in [0.2, 0.25) is 0 Å². The van der Waals surface area contributed by atoms with Gasteiger partial charge in [-0.1, -0.05) is 6.92 Å². The summed E-state index contributed by atoms with van der Waals surface area (Å²) in [6.07, 6.45) is 1.51. The Morgan fingerprint density at radius 1 is 1.59 bits per heavy atom. The number of carboxylic acids is 1. The minimum Gasteiger partial charge on any atom is -0.481 e. The van der Waals surface area contributed by atoms with Gasteiger partial charge in [-0.15, -0.1) is 0 Å². The van der Waals surface area contributed by atoms with Crippen LogP contribution in [-0.4, -0.2) is 29.1 Å². The van der Waals surface area contributed by atoms with Gasteiger partial charge in [-0.2, -0.15) is 5.26 Å². The van der Waals surface area contributed by atoms with Crippen molar-refractivity contribution >= 4 is 11.8 Å². The molecule has 0 spiro atoms. The van der Waals surface area contributed by atoms with Gasteiger partial charge in [0.1, 0.15) is 11.9 Å². The smallest absolute Gasteiger partial charge is 0.308 e. The molecule has 1 aliphatic heterocycles. The molecule has 1 saturated heterocycles. The molecule has 2 rings (SSSR count). The highest BCUT2D eigenvalue weighted by atomic mass is 16.4. The Labute approximate surface area is 99.3 Å². The molecule has 1 aliphatic rings. The monoisotopic (exact) mass is 231 g/mol. The Morgan fingerprint density at radius 3 is 2.82 bits per heavy atom. The normalized spacial score (nSPS) is 23.4. The van der Waals surface area contributed by atoms with Crippen LogP contribution in [0, 0.1) is 23.2 Å². The van der Waals surface area contributed by atoms with Gasteiger partial charge in [0.25, 0.3) is 0 Å². The number of pyridine rings is 1. The number of aromatic nitrogens is 1. The van der Waals surface area contributed by atoms with E-state index in [1.54, 1.807) is 12.1 Å². The molecule has 2 heterocycles. The molecule has 0 radical (unpaired) electrons. The third-order valence-corrected chi connectivity index (χ3v) is 3.13. The number of hydrogen-bond acceptors (Lipinski definition) is 4. The zero-order chi connectivity index (χ0) is 12.4. The van der Waals surface area contributed by atoms with Crippen molar-refractivity contribution in [3.8, 4) is 6.07 Å². The molecule has 17 heavy (non-hydrogen) atoms. The van der Waals surface area contributed by atoms with Crippen LogP contribution in [0.1, 0.15) is 12.5 Å². The fourth-order valence-corrected chi connectivity index (χ4v) is 2.11. The zero-order valence-corrected chi connectivity index (χ0v) is 9.50. The highest BCUT2D eigenvalue weighted by Gasteiger charge is 2.35. The van der Waals surface area contributed by atoms with Crippen LogP contribution in [0.5, 0.6) is 0 Å². The molecule has 0 aromatic carbocycles. The van der Waals surface area contributed by atoms with E-state index in [-0.39, 0.29) is 11.8 Å². The summed E-state index contributed by atoms with van der Waals surface area (Å²) in [5.74, 6) is -0.245. The van der Waals surface area contributed by atoms with Gasteiger partial charge in [0.15, 0.2) is 0 Å². The molecular weight excluding hydrogens is 218 g/mol. The largest absolute Gasteiger partial charge is 0.481 e. The van der Waals surface area contributed by atoms with Crippen molar-refractivity contribution < 1.29 is 9.90 Å². The number of carbonyl (C=O) groups is 1. The number of nitriles is 1. The van der Waals surface area contributed by atoms with Gasteiger partial charge >= 0.3 is 5.97 Å². The van der Waals surface area contributed by atoms with Crippen LogP contribution in [0.3, 0.4) is 0 Å². The molecule has 0 aliphatic carbocycles. The third-order valence-electron chi connectivity index (χ3n) is 3.13. The minimum absolute atomic E-state index is 0.116. The lowest BCUT2D eigenvalue weighted by Gasteiger charge is -2.16. The van der Waals surface area contributed by atoms with Crippen molar-refractivity contribution in [2.45, 2.75) is 6.92 Å². The van der Waals surface area contributed by atoms with Gasteiger partial charge in [0, 0.05) is 19.3 Å². The number of rotatable bonds is 2. The highest BCUT2D eigenvalue weighted by molar-refractivity contribution is 5.72. The van der Waals surface area contributed by atoms with E-state index >= 15 is 0 Å². The van der Waals surface area contributed by atoms with Crippen molar-refractivity contribution in [3.63, 3.8) is 0 Å². The Hall–Kier alpha value is -2.09. The summed E-state index contributed by atoms with van der Waals surface area (Å²) in [5.41, 5.74) is 0.510. The van der Waals surface area contributed by atoms with E-state index in [0.29, 0.717) is 18.7 Å². The Balaban J connectivity index is 2.14. The molecule has 1 fully saturated rings. The van der Waals surface area contributed by atoms with E-state index in [1.165, 1.54) is 6.20 Å². The van der Waals surface area contributed by atoms with Crippen LogP contribution < -0.4 is 4.90 Å². The van der Waals surface area contributed by atoms with Crippen molar-refractivity contribution in [1.82, 2.24) is 4.98 Å². The topological polar surface area (TPSA) is 77.2 Å². The zero-order valence-electron chi connectivity index (χ0n) is 9.50. The van der Waals surface area contributed by atoms with E-state index in [1.807, 2.05) is 17.9 Å². The predicted octanol–water partition coefficient (Wildman–Crippen LogP) is 1.11. The summed E-state index contributed by atoms with van der Waals surface area (Å²) < 4.78 is 0. The summed E-state index contributed by atoms with van der Waals surface area (Å²) in [7, 11) is 0. The van der Waals surface area contributed by atoms with Gasteiger partial charge in [0.05, 0.1) is 11.5 Å². The number of carboxylic acid groups (broad SMARTS) is 1. The minimum atomic E-state index is -0.756. The lowest BCUT2D eigenvalue weighted by molar-refractivity contribution is -0.142. The molecule has 2 atom stereocenters. The first-order chi connectivity index (χ1) is 8.11. The first kappa shape index (κ1) is 11.4. The average Bonchev–Trinajstić information content (AvgIpc) is 2.71. The van der Waals surface area contributed by atoms with Crippen molar-refractivity contribution in [3.05, 3.63) is 23.9 Å². The fraction of sp³-hybridized carbons (Fsp3) is 0.417. The standard InChI is InChI=1S/C12H13N3O2/c1-8-6-15(7-10(8)12(16)17)11-3-2-9(4-13)5-14-11/h2-3,5,8,10H,6-7H2,1H3,(H,16,17)/t8-,10-/m1/s1. The molecular formula is C12H13N3O2. The van der Waals surface area contributed by atoms with Crippen LogP contribution in [0.15, 0.2) is 18.3 Å². The Bertz CT molecular complexity index is 464. The van der Waals surface area contributed by atoms with Gasteiger partial charge in [0.2, 0.25) is 0 Å². The molecule has 1 aromatic heterocycles. The first-order valence-electron chi connectivity index (χ1n) is 5.45. The van der Waals surface area contributed by atoms with Gasteiger partial charge in [-0.3, -0.25) is 4.79 Å². The van der Waals surface area contributed by atoms with Crippen LogP contribution in [-0.2, 0) is 4.79 Å². The lowest BCUT2D eigenvalue weighted by Crippen LogP contribution is -2.23. The number of nitrogens with zero attached hydrogens (tertiary/aromatic N) is 3. The van der Waals surface area contributed by atoms with E-state index in [2.05, 4.69) is 4.98 Å². The molecule has 88 valence electrons. The first-order valence-corrected chi connectivity index (χ1v) is 5.45. The predicted molar refractivity (Wildman–Crippen MR) is 61.5 cm³/mol. The quantitative estimate of drug-likeness (QED) is 0.825. The second-order valence-electron chi connectivity index (χ2n) is 4.34. The number of aliphatic carboxylic acids is 1. The summed E-state index contributed by atoms with van der Waals surface area (Å²) in [4.78, 5) is 17.1. The third kappa shape index (κ3) is 2.21. The molecule has 1 N–H and O–H groups in total. The number of anilines is 1. The summed E-state index contributed by atoms with van der Waals surface area (Å²) in [6.45, 7) is 3.10. The second-order valence-corrected chi connectivity index (χ2v) is 4.34. The van der Waals surface area contributed by atoms with E-state index in [0.717, 1.165) is 5.82 Å². The van der Waals surface area contributed by atoms with Gasteiger partial charge in [-0.05, 0) is 18.1 Å². The molecule has 0 unspecified atom stereocenters. The molecule has 0 saturated carbocycles. The highest BCUT2D eigenvalue weighted by Crippen LogP contribution is 2.26. The molecule has 5 nitrogen and oxygen atoms in total. The average molecular weight is 231 g/mol. The van der Waals surface area contributed by atoms with Crippen molar-refractivity contribution in [1.29, 1.82) is 5.26 Å². The molecule has 1 aromatic rings. The molecule has 0 bridgehead atoms. The maximum Gasteiger partial charge on any atom is 0.308 e. The fourth-order valence-electron chi connectivity index (χ4n) is 2.11. The molecule has 0 amide bonds. The van der Waals surface area contributed by atoms with E-state index < -0.39 is 5.97 Å². The second kappa shape index (κ2) is 4.42. The Kier molecular flexibility index (Phi) is 2.96. The maximum atomic E-state index is 11.0. The van der Waals surface area contributed by atoms with E-state index in [4.69, 9.17) is 10.4 Å². The van der Waals surface area contributed by atoms with Gasteiger partial charge < -0.3 is 10.0 Å². The van der Waals surface area contributed by atoms with Crippen molar-refractivity contribution in [2.24, 2.45) is 11.8 Å². The maximum absolute atomic E-state index is 11.0. The number of hydrogen-bond donors (Lipinski definition) is 1. The van der Waals surface area contributed by atoms with E-state index in [9.17, 15) is 4.79 Å². The van der Waals surface area contributed by atoms with Crippen LogP contribution in [0.4, 0.5) is 5.82 Å². The van der Waals surface area contributed by atoms with Crippen LogP contribution in [0.25, 0.3) is 0 Å². The lowest BCUT2D eigenvalue weighted by atomic mass is 9.99. The Morgan fingerprint density at radius 2 is 2.35 bits per heavy atom. The summed E-state index contributed by atoms with van der Waals surface area (Å²) in [5, 5.41) is 17.7. The van der Waals surface area contributed by atoms with Crippen molar-refractivity contribution in [2.75, 3.05) is 18.0 Å². The van der Waals surface area contributed by atoms with Gasteiger partial charge in [-0.25, -0.2) is 4.98 Å². The SMILES string of the molecule is C[C@@H]1CN(c2ccc(C#N)cn2)C[C@H]1C(=O)O. The van der Waals surface area contributed by atoms with Crippen LogP contribution >= 0.6 is 0 Å². The molecule has 5 heteroatoms. The summed E-state index contributed by atoms with van der Waals surface area (Å²) >= 11 is 0. The summed E-state index contributed by atoms with van der Waals surface area (Å²) in [6, 6.07) is 5.46.